The predicted molar refractivity (Wildman–Crippen MR) is 101 cm³/mol. The molecule has 0 aliphatic rings. The lowest BCUT2D eigenvalue weighted by Crippen LogP contribution is -1.99. The standard InChI is InChI=1S/C17H9ClN6S2/c18-14-13(10-19)16(26-23-14)25-17-22-21-15(11-6-8-20-9-7-11)24(17)12-4-2-1-3-5-12/h1-9H. The molecule has 126 valence electrons. The maximum Gasteiger partial charge on any atom is 0.201 e. The van der Waals surface area contributed by atoms with Crippen molar-refractivity contribution in [3.63, 3.8) is 0 Å². The number of halogens is 1. The fourth-order valence-corrected chi connectivity index (χ4v) is 4.43. The zero-order chi connectivity index (χ0) is 17.9. The molecule has 9 heteroatoms. The van der Waals surface area contributed by atoms with Gasteiger partial charge in [0.15, 0.2) is 11.0 Å². The van der Waals surface area contributed by atoms with Gasteiger partial charge in [-0.05, 0) is 47.6 Å². The van der Waals surface area contributed by atoms with Crippen LogP contribution in [0.5, 0.6) is 0 Å². The van der Waals surface area contributed by atoms with Crippen LogP contribution < -0.4 is 0 Å². The molecule has 1 aromatic carbocycles. The summed E-state index contributed by atoms with van der Waals surface area (Å²) in [5.74, 6) is 0.690. The third-order valence-electron chi connectivity index (χ3n) is 3.50. The van der Waals surface area contributed by atoms with Crippen molar-refractivity contribution in [1.82, 2.24) is 24.1 Å². The molecule has 0 unspecified atom stereocenters. The summed E-state index contributed by atoms with van der Waals surface area (Å²) in [6.45, 7) is 0. The van der Waals surface area contributed by atoms with Gasteiger partial charge in [-0.1, -0.05) is 29.8 Å². The van der Waals surface area contributed by atoms with E-state index in [4.69, 9.17) is 11.6 Å². The summed E-state index contributed by atoms with van der Waals surface area (Å²) in [5, 5.41) is 18.8. The van der Waals surface area contributed by atoms with Gasteiger partial charge in [-0.3, -0.25) is 9.55 Å². The fraction of sp³-hybridized carbons (Fsp3) is 0. The smallest absolute Gasteiger partial charge is 0.201 e. The molecule has 0 spiro atoms. The van der Waals surface area contributed by atoms with E-state index in [0.29, 0.717) is 20.8 Å². The van der Waals surface area contributed by atoms with E-state index in [2.05, 4.69) is 25.6 Å². The highest BCUT2D eigenvalue weighted by atomic mass is 35.5. The molecule has 0 fully saturated rings. The lowest BCUT2D eigenvalue weighted by atomic mass is 10.2. The zero-order valence-corrected chi connectivity index (χ0v) is 15.5. The molecule has 3 aromatic heterocycles. The molecule has 0 amide bonds. The Labute approximate surface area is 162 Å². The average Bonchev–Trinajstić information content (AvgIpc) is 3.27. The van der Waals surface area contributed by atoms with Gasteiger partial charge in [0.05, 0.1) is 0 Å². The number of benzene rings is 1. The molecular formula is C17H9ClN6S2. The van der Waals surface area contributed by atoms with Crippen LogP contribution in [0.3, 0.4) is 0 Å². The van der Waals surface area contributed by atoms with Crippen molar-refractivity contribution >= 4 is 34.9 Å². The van der Waals surface area contributed by atoms with Crippen LogP contribution in [0.15, 0.2) is 64.2 Å². The molecule has 6 nitrogen and oxygen atoms in total. The number of rotatable bonds is 4. The molecule has 0 N–H and O–H groups in total. The number of para-hydroxylation sites is 1. The molecule has 0 atom stereocenters. The third-order valence-corrected chi connectivity index (χ3v) is 5.83. The van der Waals surface area contributed by atoms with Crippen molar-refractivity contribution in [2.75, 3.05) is 0 Å². The van der Waals surface area contributed by atoms with Gasteiger partial charge in [0.2, 0.25) is 5.16 Å². The van der Waals surface area contributed by atoms with Gasteiger partial charge < -0.3 is 0 Å². The van der Waals surface area contributed by atoms with Crippen LogP contribution in [0, 0.1) is 11.3 Å². The second-order valence-corrected chi connectivity index (χ2v) is 7.43. The first-order valence-electron chi connectivity index (χ1n) is 7.42. The Balaban J connectivity index is 1.85. The van der Waals surface area contributed by atoms with E-state index in [0.717, 1.165) is 11.3 Å². The second kappa shape index (κ2) is 7.25. The average molecular weight is 397 g/mol. The van der Waals surface area contributed by atoms with Crippen molar-refractivity contribution in [3.05, 3.63) is 65.6 Å². The fourth-order valence-electron chi connectivity index (χ4n) is 2.34. The summed E-state index contributed by atoms with van der Waals surface area (Å²) in [4.78, 5) is 4.05. The summed E-state index contributed by atoms with van der Waals surface area (Å²) < 4.78 is 6.67. The van der Waals surface area contributed by atoms with Gasteiger partial charge in [0.1, 0.15) is 15.8 Å². The van der Waals surface area contributed by atoms with E-state index in [9.17, 15) is 5.26 Å². The molecule has 4 aromatic rings. The Bertz CT molecular complexity index is 1090. The molecule has 0 aliphatic heterocycles. The monoisotopic (exact) mass is 396 g/mol. The number of nitriles is 1. The van der Waals surface area contributed by atoms with Crippen LogP contribution >= 0.6 is 34.9 Å². The van der Waals surface area contributed by atoms with Gasteiger partial charge in [0, 0.05) is 23.6 Å². The Morgan fingerprint density at radius 1 is 1.08 bits per heavy atom. The minimum absolute atomic E-state index is 0.208. The molecule has 4 rings (SSSR count). The van der Waals surface area contributed by atoms with Crippen LogP contribution in [0.4, 0.5) is 0 Å². The Hall–Kier alpha value is -2.73. The normalized spacial score (nSPS) is 10.6. The highest BCUT2D eigenvalue weighted by molar-refractivity contribution is 8.01. The number of hydrogen-bond donors (Lipinski definition) is 0. The molecule has 3 heterocycles. The molecule has 0 saturated carbocycles. The van der Waals surface area contributed by atoms with Crippen molar-refractivity contribution in [2.24, 2.45) is 0 Å². The maximum absolute atomic E-state index is 9.30. The molecule has 0 bridgehead atoms. The number of aromatic nitrogens is 5. The molecule has 0 radical (unpaired) electrons. The van der Waals surface area contributed by atoms with E-state index in [1.165, 1.54) is 23.3 Å². The SMILES string of the molecule is N#Cc1c(Cl)nsc1Sc1nnc(-c2ccncc2)n1-c1ccccc1. The van der Waals surface area contributed by atoms with Crippen molar-refractivity contribution in [1.29, 1.82) is 5.26 Å². The van der Waals surface area contributed by atoms with Gasteiger partial charge in [-0.25, -0.2) is 0 Å². The summed E-state index contributed by atoms with van der Waals surface area (Å²) in [7, 11) is 0. The minimum Gasteiger partial charge on any atom is -0.270 e. The van der Waals surface area contributed by atoms with Crippen LogP contribution in [-0.2, 0) is 0 Å². The quantitative estimate of drug-likeness (QED) is 0.506. The topological polar surface area (TPSA) is 80.3 Å². The summed E-state index contributed by atoms with van der Waals surface area (Å²) in [6, 6.07) is 15.6. The summed E-state index contributed by atoms with van der Waals surface area (Å²) >= 11 is 8.47. The number of nitrogens with zero attached hydrogens (tertiary/aromatic N) is 6. The Morgan fingerprint density at radius 3 is 2.58 bits per heavy atom. The predicted octanol–water partition coefficient (Wildman–Crippen LogP) is 4.46. The van der Waals surface area contributed by atoms with Crippen molar-refractivity contribution in [3.8, 4) is 23.1 Å². The zero-order valence-electron chi connectivity index (χ0n) is 13.1. The first-order valence-corrected chi connectivity index (χ1v) is 9.39. The van der Waals surface area contributed by atoms with Crippen LogP contribution in [-0.4, -0.2) is 24.1 Å². The van der Waals surface area contributed by atoms with E-state index >= 15 is 0 Å². The lowest BCUT2D eigenvalue weighted by Gasteiger charge is -2.09. The summed E-state index contributed by atoms with van der Waals surface area (Å²) in [6.07, 6.45) is 3.42. The highest BCUT2D eigenvalue weighted by Gasteiger charge is 2.20. The maximum atomic E-state index is 9.30. The lowest BCUT2D eigenvalue weighted by molar-refractivity contribution is 0.887. The first kappa shape index (κ1) is 16.7. The Kier molecular flexibility index (Phi) is 4.67. The van der Waals surface area contributed by atoms with E-state index < -0.39 is 0 Å². The molecular weight excluding hydrogens is 388 g/mol. The van der Waals surface area contributed by atoms with Gasteiger partial charge in [-0.2, -0.15) is 9.64 Å². The van der Waals surface area contributed by atoms with E-state index in [1.54, 1.807) is 12.4 Å². The van der Waals surface area contributed by atoms with Crippen LogP contribution in [0.1, 0.15) is 5.56 Å². The molecule has 0 saturated heterocycles. The minimum atomic E-state index is 0.208. The van der Waals surface area contributed by atoms with Crippen LogP contribution in [0.2, 0.25) is 5.15 Å². The summed E-state index contributed by atoms with van der Waals surface area (Å²) in [5.41, 5.74) is 2.17. The van der Waals surface area contributed by atoms with Crippen LogP contribution in [0.25, 0.3) is 17.1 Å². The van der Waals surface area contributed by atoms with Gasteiger partial charge in [-0.15, -0.1) is 10.2 Å². The van der Waals surface area contributed by atoms with Crippen molar-refractivity contribution < 1.29 is 0 Å². The van der Waals surface area contributed by atoms with Gasteiger partial charge in [0.25, 0.3) is 0 Å². The number of hydrogen-bond acceptors (Lipinski definition) is 7. The van der Waals surface area contributed by atoms with Crippen molar-refractivity contribution in [2.45, 2.75) is 9.37 Å². The third kappa shape index (κ3) is 3.08. The highest BCUT2D eigenvalue weighted by Crippen LogP contribution is 2.38. The second-order valence-electron chi connectivity index (χ2n) is 5.06. The van der Waals surface area contributed by atoms with E-state index in [-0.39, 0.29) is 5.15 Å². The largest absolute Gasteiger partial charge is 0.270 e. The molecule has 0 aliphatic carbocycles. The Morgan fingerprint density at radius 2 is 1.85 bits per heavy atom. The number of pyridine rings is 1. The van der Waals surface area contributed by atoms with E-state index in [1.807, 2.05) is 47.0 Å². The first-order chi connectivity index (χ1) is 12.8. The molecule has 26 heavy (non-hydrogen) atoms. The van der Waals surface area contributed by atoms with Gasteiger partial charge >= 0.3 is 0 Å².